The zero-order chi connectivity index (χ0) is 16.6. The van der Waals surface area contributed by atoms with E-state index in [2.05, 4.69) is 47.2 Å². The van der Waals surface area contributed by atoms with Crippen LogP contribution in [0.15, 0.2) is 57.5 Å². The molecule has 3 aromatic heterocycles. The van der Waals surface area contributed by atoms with Crippen LogP contribution in [0.5, 0.6) is 0 Å². The molecule has 7 heteroatoms. The van der Waals surface area contributed by atoms with E-state index in [1.807, 2.05) is 12.1 Å². The molecule has 0 bridgehead atoms. The number of furan rings is 1. The van der Waals surface area contributed by atoms with Gasteiger partial charge in [-0.05, 0) is 42.6 Å². The van der Waals surface area contributed by atoms with Crippen LogP contribution in [0.2, 0.25) is 0 Å². The van der Waals surface area contributed by atoms with Crippen molar-refractivity contribution in [3.8, 4) is 0 Å². The van der Waals surface area contributed by atoms with Crippen LogP contribution in [-0.4, -0.2) is 12.5 Å². The van der Waals surface area contributed by atoms with E-state index in [9.17, 15) is 0 Å². The van der Waals surface area contributed by atoms with Gasteiger partial charge in [0.25, 0.3) is 0 Å². The maximum Gasteiger partial charge on any atom is 0.191 e. The first-order valence-corrected chi connectivity index (χ1v) is 9.61. The topological polar surface area (TPSA) is 49.6 Å². The molecule has 0 aromatic carbocycles. The van der Waals surface area contributed by atoms with Crippen molar-refractivity contribution >= 4 is 52.6 Å². The Morgan fingerprint density at radius 1 is 1.12 bits per heavy atom. The fraction of sp³-hybridized carbons (Fsp3) is 0.278. The summed E-state index contributed by atoms with van der Waals surface area (Å²) < 4.78 is 5.37. The van der Waals surface area contributed by atoms with E-state index in [1.165, 1.54) is 14.6 Å². The summed E-state index contributed by atoms with van der Waals surface area (Å²) >= 11 is 3.54. The first-order chi connectivity index (χ1) is 11.8. The third kappa shape index (κ3) is 6.83. The highest BCUT2D eigenvalue weighted by molar-refractivity contribution is 14.0. The van der Waals surface area contributed by atoms with Gasteiger partial charge in [0.05, 0.1) is 19.4 Å². The number of rotatable bonds is 7. The van der Waals surface area contributed by atoms with Crippen molar-refractivity contribution in [2.45, 2.75) is 26.4 Å². The molecule has 3 aromatic rings. The predicted molar refractivity (Wildman–Crippen MR) is 117 cm³/mol. The zero-order valence-corrected chi connectivity index (χ0v) is 18.0. The van der Waals surface area contributed by atoms with E-state index >= 15 is 0 Å². The van der Waals surface area contributed by atoms with Gasteiger partial charge in [-0.25, -0.2) is 4.99 Å². The lowest BCUT2D eigenvalue weighted by Gasteiger charge is -2.11. The third-order valence-corrected chi connectivity index (χ3v) is 5.30. The van der Waals surface area contributed by atoms with Gasteiger partial charge in [-0.15, -0.1) is 46.7 Å². The summed E-state index contributed by atoms with van der Waals surface area (Å²) in [4.78, 5) is 8.59. The maximum absolute atomic E-state index is 5.37. The van der Waals surface area contributed by atoms with Crippen LogP contribution in [0.25, 0.3) is 0 Å². The molecule has 0 radical (unpaired) electrons. The van der Waals surface area contributed by atoms with E-state index < -0.39 is 0 Å². The number of thiophene rings is 2. The number of nitrogens with one attached hydrogen (secondary N) is 2. The Labute approximate surface area is 173 Å². The van der Waals surface area contributed by atoms with Crippen molar-refractivity contribution in [3.63, 3.8) is 0 Å². The monoisotopic (exact) mass is 487 g/mol. The molecule has 0 amide bonds. The Hall–Kier alpha value is -1.32. The lowest BCUT2D eigenvalue weighted by Crippen LogP contribution is -2.37. The van der Waals surface area contributed by atoms with E-state index in [0.29, 0.717) is 6.54 Å². The molecule has 0 aliphatic heterocycles. The van der Waals surface area contributed by atoms with E-state index in [4.69, 9.17) is 9.41 Å². The molecule has 0 aliphatic rings. The molecule has 0 saturated carbocycles. The summed E-state index contributed by atoms with van der Waals surface area (Å²) in [5, 5.41) is 8.88. The highest BCUT2D eigenvalue weighted by Crippen LogP contribution is 2.15. The van der Waals surface area contributed by atoms with Crippen molar-refractivity contribution in [2.75, 3.05) is 6.54 Å². The minimum atomic E-state index is 0. The molecule has 0 aliphatic carbocycles. The van der Waals surface area contributed by atoms with Crippen LogP contribution >= 0.6 is 46.7 Å². The van der Waals surface area contributed by atoms with Crippen LogP contribution in [0.3, 0.4) is 0 Å². The van der Waals surface area contributed by atoms with Gasteiger partial charge in [0, 0.05) is 27.6 Å². The number of nitrogens with zero attached hydrogens (tertiary/aromatic N) is 1. The minimum absolute atomic E-state index is 0. The fourth-order valence-electron chi connectivity index (χ4n) is 2.24. The molecule has 0 saturated heterocycles. The van der Waals surface area contributed by atoms with Gasteiger partial charge >= 0.3 is 0 Å². The first kappa shape index (κ1) is 20.0. The second-order valence-corrected chi connectivity index (χ2v) is 7.77. The molecular weight excluding hydrogens is 465 g/mol. The SMILES string of the molecule is Cc1ccc(CN=C(NCCc2ccco2)NCc2cccs2)s1.I. The highest BCUT2D eigenvalue weighted by Gasteiger charge is 2.03. The number of hydrogen-bond donors (Lipinski definition) is 2. The molecule has 0 unspecified atom stereocenters. The molecule has 134 valence electrons. The van der Waals surface area contributed by atoms with Crippen molar-refractivity contribution in [3.05, 3.63) is 68.4 Å². The summed E-state index contributed by atoms with van der Waals surface area (Å²) in [5.41, 5.74) is 0. The maximum atomic E-state index is 5.37. The molecule has 0 spiro atoms. The van der Waals surface area contributed by atoms with Gasteiger partial charge in [0.1, 0.15) is 5.76 Å². The normalized spacial score (nSPS) is 11.2. The Morgan fingerprint density at radius 2 is 2.04 bits per heavy atom. The second-order valence-electron chi connectivity index (χ2n) is 5.37. The number of aliphatic imine (C=N–C) groups is 1. The largest absolute Gasteiger partial charge is 0.469 e. The molecule has 0 atom stereocenters. The van der Waals surface area contributed by atoms with Crippen molar-refractivity contribution in [1.82, 2.24) is 10.6 Å². The molecule has 25 heavy (non-hydrogen) atoms. The first-order valence-electron chi connectivity index (χ1n) is 7.92. The van der Waals surface area contributed by atoms with Gasteiger partial charge in [0.2, 0.25) is 0 Å². The highest BCUT2D eigenvalue weighted by atomic mass is 127. The Bertz CT molecular complexity index is 751. The number of halogens is 1. The summed E-state index contributed by atoms with van der Waals surface area (Å²) in [6.07, 6.45) is 2.54. The van der Waals surface area contributed by atoms with Crippen LogP contribution in [0.4, 0.5) is 0 Å². The van der Waals surface area contributed by atoms with Crippen LogP contribution in [0.1, 0.15) is 20.4 Å². The van der Waals surface area contributed by atoms with Crippen LogP contribution in [-0.2, 0) is 19.5 Å². The molecule has 0 fully saturated rings. The minimum Gasteiger partial charge on any atom is -0.469 e. The molecular formula is C18H22IN3OS2. The Balaban J connectivity index is 0.00000225. The second kappa shape index (κ2) is 10.6. The van der Waals surface area contributed by atoms with Gasteiger partial charge in [-0.2, -0.15) is 0 Å². The van der Waals surface area contributed by atoms with E-state index in [-0.39, 0.29) is 24.0 Å². The van der Waals surface area contributed by atoms with Gasteiger partial charge in [-0.3, -0.25) is 0 Å². The van der Waals surface area contributed by atoms with Gasteiger partial charge < -0.3 is 15.1 Å². The average Bonchev–Trinajstić information content (AvgIpc) is 3.32. The molecule has 4 nitrogen and oxygen atoms in total. The predicted octanol–water partition coefficient (Wildman–Crippen LogP) is 4.81. The lowest BCUT2D eigenvalue weighted by atomic mass is 10.3. The molecule has 3 rings (SSSR count). The molecule has 2 N–H and O–H groups in total. The van der Waals surface area contributed by atoms with Crippen LogP contribution < -0.4 is 10.6 Å². The average molecular weight is 487 g/mol. The van der Waals surface area contributed by atoms with Crippen molar-refractivity contribution in [2.24, 2.45) is 4.99 Å². The smallest absolute Gasteiger partial charge is 0.191 e. The summed E-state index contributed by atoms with van der Waals surface area (Å²) in [7, 11) is 0. The fourth-order valence-corrected chi connectivity index (χ4v) is 3.70. The summed E-state index contributed by atoms with van der Waals surface area (Å²) in [6, 6.07) is 12.4. The quantitative estimate of drug-likeness (QED) is 0.286. The van der Waals surface area contributed by atoms with E-state index in [1.54, 1.807) is 28.9 Å². The molecule has 3 heterocycles. The lowest BCUT2D eigenvalue weighted by molar-refractivity contribution is 0.506. The Kier molecular flexibility index (Phi) is 8.50. The number of aryl methyl sites for hydroxylation is 1. The van der Waals surface area contributed by atoms with Crippen LogP contribution in [0, 0.1) is 6.92 Å². The number of guanidine groups is 1. The van der Waals surface area contributed by atoms with Gasteiger partial charge in [0.15, 0.2) is 5.96 Å². The van der Waals surface area contributed by atoms with Crippen molar-refractivity contribution < 1.29 is 4.42 Å². The Morgan fingerprint density at radius 3 is 2.72 bits per heavy atom. The van der Waals surface area contributed by atoms with Crippen molar-refractivity contribution in [1.29, 1.82) is 0 Å². The third-order valence-electron chi connectivity index (χ3n) is 3.44. The van der Waals surface area contributed by atoms with Gasteiger partial charge in [-0.1, -0.05) is 6.07 Å². The summed E-state index contributed by atoms with van der Waals surface area (Å²) in [5.74, 6) is 1.81. The van der Waals surface area contributed by atoms with E-state index in [0.717, 1.165) is 31.2 Å². The number of hydrogen-bond acceptors (Lipinski definition) is 4. The zero-order valence-electron chi connectivity index (χ0n) is 14.0. The summed E-state index contributed by atoms with van der Waals surface area (Å²) in [6.45, 7) is 4.38. The standard InChI is InChI=1S/C18H21N3OS2.HI/c1-14-6-7-17(24-14)13-21-18(20-12-16-5-3-11-23-16)19-9-8-15-4-2-10-22-15;/h2-7,10-11H,8-9,12-13H2,1H3,(H2,19,20,21);1H.